The smallest absolute Gasteiger partial charge is 0.123 e. The molecule has 2 nitrogen and oxygen atoms in total. The molecule has 1 aromatic rings. The molecule has 0 amide bonds. The molecule has 11 heavy (non-hydrogen) atoms. The van der Waals surface area contributed by atoms with Crippen molar-refractivity contribution in [1.82, 2.24) is 0 Å². The fourth-order valence-corrected chi connectivity index (χ4v) is 1.06. The van der Waals surface area contributed by atoms with Crippen LogP contribution in [0, 0.1) is 13.0 Å². The van der Waals surface area contributed by atoms with Crippen LogP contribution >= 0.6 is 0 Å². The van der Waals surface area contributed by atoms with Crippen molar-refractivity contribution in [3.05, 3.63) is 23.8 Å². The summed E-state index contributed by atoms with van der Waals surface area (Å²) in [6.07, 6.45) is 0. The third-order valence-corrected chi connectivity index (χ3v) is 1.60. The molecular weight excluding hydrogens is 138 g/mol. The van der Waals surface area contributed by atoms with Crippen molar-refractivity contribution in [3.63, 3.8) is 0 Å². The lowest BCUT2D eigenvalue weighted by Crippen LogP contribution is -2.09. The zero-order chi connectivity index (χ0) is 8.43. The number of rotatable bonds is 1. The first-order valence-electron chi connectivity index (χ1n) is 3.50. The highest BCUT2D eigenvalue weighted by molar-refractivity contribution is 5.53. The lowest BCUT2D eigenvalue weighted by Gasteiger charge is -2.14. The molecule has 0 aliphatic heterocycles. The molecule has 1 aromatic carbocycles. The third-order valence-electron chi connectivity index (χ3n) is 1.60. The second-order valence-electron chi connectivity index (χ2n) is 2.78. The predicted octanol–water partition coefficient (Wildman–Crippen LogP) is 1.57. The normalized spacial score (nSPS) is 9.73. The summed E-state index contributed by atoms with van der Waals surface area (Å²) in [5.41, 5.74) is 2.15. The van der Waals surface area contributed by atoms with E-state index >= 15 is 0 Å². The first-order chi connectivity index (χ1) is 5.11. The number of aryl methyl sites for hydroxylation is 1. The van der Waals surface area contributed by atoms with E-state index in [9.17, 15) is 0 Å². The second kappa shape index (κ2) is 2.82. The Bertz CT molecular complexity index is 256. The molecule has 2 heteroatoms. The molecule has 59 valence electrons. The molecule has 0 fully saturated rings. The molecule has 0 saturated heterocycles. The van der Waals surface area contributed by atoms with Gasteiger partial charge in [0, 0.05) is 25.8 Å². The van der Waals surface area contributed by atoms with E-state index in [1.807, 2.05) is 25.9 Å². The Morgan fingerprint density at radius 3 is 2.55 bits per heavy atom. The molecule has 0 unspecified atom stereocenters. The Morgan fingerprint density at radius 2 is 2.09 bits per heavy atom. The minimum atomic E-state index is 0.202. The van der Waals surface area contributed by atoms with Crippen LogP contribution in [-0.4, -0.2) is 19.2 Å². The van der Waals surface area contributed by atoms with Crippen LogP contribution in [0.25, 0.3) is 0 Å². The molecular formula is C9H12NO. The average Bonchev–Trinajstić information content (AvgIpc) is 1.85. The fraction of sp³-hybridized carbons (Fsp3) is 0.333. The van der Waals surface area contributed by atoms with E-state index in [0.29, 0.717) is 0 Å². The minimum absolute atomic E-state index is 0.202. The van der Waals surface area contributed by atoms with Crippen LogP contribution in [0.4, 0.5) is 5.69 Å². The zero-order valence-electron chi connectivity index (χ0n) is 7.05. The summed E-state index contributed by atoms with van der Waals surface area (Å²) >= 11 is 0. The van der Waals surface area contributed by atoms with E-state index in [0.717, 1.165) is 11.3 Å². The van der Waals surface area contributed by atoms with Gasteiger partial charge in [0.2, 0.25) is 0 Å². The molecule has 0 heterocycles. The van der Waals surface area contributed by atoms with Crippen LogP contribution in [0.1, 0.15) is 5.56 Å². The minimum Gasteiger partial charge on any atom is -0.507 e. The van der Waals surface area contributed by atoms with Crippen LogP contribution < -0.4 is 4.90 Å². The van der Waals surface area contributed by atoms with Gasteiger partial charge < -0.3 is 10.0 Å². The number of nitrogens with zero attached hydrogens (tertiary/aromatic N) is 1. The molecule has 0 spiro atoms. The van der Waals surface area contributed by atoms with Gasteiger partial charge in [-0.15, -0.1) is 0 Å². The third kappa shape index (κ3) is 1.64. The van der Waals surface area contributed by atoms with Crippen molar-refractivity contribution in [3.8, 4) is 5.75 Å². The van der Waals surface area contributed by atoms with Crippen molar-refractivity contribution in [1.29, 1.82) is 0 Å². The van der Waals surface area contributed by atoms with Gasteiger partial charge >= 0.3 is 0 Å². The molecule has 1 N–H and O–H groups in total. The maximum atomic E-state index is 9.05. The highest BCUT2D eigenvalue weighted by Gasteiger charge is 1.99. The Morgan fingerprint density at radius 1 is 1.45 bits per heavy atom. The molecule has 0 aliphatic rings. The first-order valence-corrected chi connectivity index (χ1v) is 3.50. The lowest BCUT2D eigenvalue weighted by molar-refractivity contribution is 0.474. The summed E-state index contributed by atoms with van der Waals surface area (Å²) in [5, 5.41) is 9.05. The SMILES string of the molecule is Cc1cc(O)[c]cc1N(C)C. The summed E-state index contributed by atoms with van der Waals surface area (Å²) in [5.74, 6) is 0.202. The van der Waals surface area contributed by atoms with E-state index in [2.05, 4.69) is 6.07 Å². The summed E-state index contributed by atoms with van der Waals surface area (Å²) in [6.45, 7) is 1.96. The van der Waals surface area contributed by atoms with E-state index in [-0.39, 0.29) is 5.75 Å². The van der Waals surface area contributed by atoms with Gasteiger partial charge in [-0.25, -0.2) is 0 Å². The van der Waals surface area contributed by atoms with Crippen molar-refractivity contribution in [2.24, 2.45) is 0 Å². The monoisotopic (exact) mass is 150 g/mol. The number of phenols is 1. The van der Waals surface area contributed by atoms with Crippen molar-refractivity contribution in [2.45, 2.75) is 6.92 Å². The van der Waals surface area contributed by atoms with Crippen LogP contribution in [-0.2, 0) is 0 Å². The van der Waals surface area contributed by atoms with Crippen LogP contribution in [0.15, 0.2) is 12.1 Å². The summed E-state index contributed by atoms with van der Waals surface area (Å²) < 4.78 is 0. The summed E-state index contributed by atoms with van der Waals surface area (Å²) in [6, 6.07) is 6.22. The number of anilines is 1. The molecule has 0 bridgehead atoms. The largest absolute Gasteiger partial charge is 0.507 e. The van der Waals surface area contributed by atoms with Gasteiger partial charge in [-0.05, 0) is 24.6 Å². The molecule has 0 saturated carbocycles. The lowest BCUT2D eigenvalue weighted by atomic mass is 10.2. The Labute approximate surface area is 67.1 Å². The Hall–Kier alpha value is -1.18. The van der Waals surface area contributed by atoms with Gasteiger partial charge in [0.1, 0.15) is 5.75 Å². The highest BCUT2D eigenvalue weighted by atomic mass is 16.3. The van der Waals surface area contributed by atoms with Gasteiger partial charge in [0.15, 0.2) is 0 Å². The van der Waals surface area contributed by atoms with Crippen molar-refractivity contribution >= 4 is 5.69 Å². The van der Waals surface area contributed by atoms with Gasteiger partial charge in [0.25, 0.3) is 0 Å². The van der Waals surface area contributed by atoms with Gasteiger partial charge in [-0.3, -0.25) is 0 Å². The van der Waals surface area contributed by atoms with E-state index in [4.69, 9.17) is 5.11 Å². The number of aromatic hydroxyl groups is 1. The van der Waals surface area contributed by atoms with Gasteiger partial charge in [-0.1, -0.05) is 0 Å². The molecule has 0 aliphatic carbocycles. The zero-order valence-corrected chi connectivity index (χ0v) is 7.05. The van der Waals surface area contributed by atoms with E-state index in [1.54, 1.807) is 12.1 Å². The maximum absolute atomic E-state index is 9.05. The van der Waals surface area contributed by atoms with Gasteiger partial charge in [-0.2, -0.15) is 0 Å². The van der Waals surface area contributed by atoms with Crippen LogP contribution in [0.5, 0.6) is 5.75 Å². The molecule has 1 rings (SSSR count). The topological polar surface area (TPSA) is 23.5 Å². The van der Waals surface area contributed by atoms with E-state index < -0.39 is 0 Å². The summed E-state index contributed by atoms with van der Waals surface area (Å²) in [7, 11) is 3.93. The van der Waals surface area contributed by atoms with Gasteiger partial charge in [0.05, 0.1) is 0 Å². The molecule has 0 aromatic heterocycles. The van der Waals surface area contributed by atoms with Crippen molar-refractivity contribution < 1.29 is 5.11 Å². The standard InChI is InChI=1S/C9H12NO/c1-7-6-8(11)4-5-9(7)10(2)3/h5-6,11H,1-3H3. The number of hydrogen-bond acceptors (Lipinski definition) is 2. The second-order valence-corrected chi connectivity index (χ2v) is 2.78. The predicted molar refractivity (Wildman–Crippen MR) is 46.0 cm³/mol. The average molecular weight is 150 g/mol. The Kier molecular flexibility index (Phi) is 2.03. The maximum Gasteiger partial charge on any atom is 0.123 e. The van der Waals surface area contributed by atoms with Crippen molar-refractivity contribution in [2.75, 3.05) is 19.0 Å². The summed E-state index contributed by atoms with van der Waals surface area (Å²) in [4.78, 5) is 1.99. The number of benzene rings is 1. The molecule has 1 radical (unpaired) electrons. The quantitative estimate of drug-likeness (QED) is 0.656. The molecule has 0 atom stereocenters. The van der Waals surface area contributed by atoms with E-state index in [1.165, 1.54) is 0 Å². The first kappa shape index (κ1) is 7.92. The number of phenolic OH excluding ortho intramolecular Hbond substituents is 1. The van der Waals surface area contributed by atoms with Crippen LogP contribution in [0.3, 0.4) is 0 Å². The number of hydrogen-bond donors (Lipinski definition) is 1. The Balaban J connectivity index is 3.09. The fourth-order valence-electron chi connectivity index (χ4n) is 1.06. The van der Waals surface area contributed by atoms with Crippen LogP contribution in [0.2, 0.25) is 0 Å². The highest BCUT2D eigenvalue weighted by Crippen LogP contribution is 2.21.